The Balaban J connectivity index is 3.48. The zero-order chi connectivity index (χ0) is 52.9. The zero-order valence-electron chi connectivity index (χ0n) is 49.1. The highest BCUT2D eigenvalue weighted by molar-refractivity contribution is 5.76. The summed E-state index contributed by atoms with van der Waals surface area (Å²) in [5, 5.41) is 23.2. The zero-order valence-corrected chi connectivity index (χ0v) is 49.1. The average Bonchev–Trinajstić information content (AvgIpc) is 3.39. The Labute approximate surface area is 455 Å². The molecule has 2 atom stereocenters. The second kappa shape index (κ2) is 62.6. The summed E-state index contributed by atoms with van der Waals surface area (Å²) in [6.45, 7) is 4.82. The number of rotatable bonds is 61. The monoisotopic (exact) mass is 1030 g/mol. The first-order valence-corrected chi connectivity index (χ1v) is 32.8. The molecule has 0 fully saturated rings. The van der Waals surface area contributed by atoms with Crippen molar-refractivity contribution in [1.82, 2.24) is 5.32 Å². The van der Waals surface area contributed by atoms with E-state index in [9.17, 15) is 19.8 Å². The molecular formula is C67H127NO5. The van der Waals surface area contributed by atoms with Crippen LogP contribution in [0, 0.1) is 0 Å². The van der Waals surface area contributed by atoms with Gasteiger partial charge in [-0.1, -0.05) is 326 Å². The van der Waals surface area contributed by atoms with Gasteiger partial charge in [0.25, 0.3) is 0 Å². The summed E-state index contributed by atoms with van der Waals surface area (Å²) in [6.07, 6.45) is 79.3. The fraction of sp³-hybridized carbons (Fsp3) is 0.881. The number of allylic oxidation sites excluding steroid dienone is 4. The van der Waals surface area contributed by atoms with Crippen molar-refractivity contribution in [2.75, 3.05) is 13.2 Å². The molecule has 6 nitrogen and oxygen atoms in total. The van der Waals surface area contributed by atoms with Crippen LogP contribution in [-0.2, 0) is 14.3 Å². The number of aliphatic hydroxyl groups is 2. The molecule has 0 aromatic rings. The standard InChI is InChI=1S/C67H127NO5/c1-3-5-7-9-11-13-15-17-18-19-20-21-22-24-27-30-33-36-39-43-47-51-55-59-65(70)64(63-69)68-66(71)60-56-52-48-44-40-37-34-31-28-25-23-26-29-32-35-38-42-46-50-54-58-62-73-67(72)61-57-53-49-45-41-16-14-12-10-8-6-4-2/h38,42,50,54-55,59,64-65,69-70H,3-37,39-41,43-49,51-53,56-58,60-63H2,1-2H3,(H,68,71)/b42-38-,54-50-,59-55+. The summed E-state index contributed by atoms with van der Waals surface area (Å²) in [4.78, 5) is 24.5. The highest BCUT2D eigenvalue weighted by atomic mass is 16.5. The first kappa shape index (κ1) is 71.1. The molecule has 73 heavy (non-hydrogen) atoms. The van der Waals surface area contributed by atoms with Gasteiger partial charge < -0.3 is 20.3 Å². The first-order valence-electron chi connectivity index (χ1n) is 32.8. The van der Waals surface area contributed by atoms with Gasteiger partial charge in [-0.2, -0.15) is 0 Å². The highest BCUT2D eigenvalue weighted by Gasteiger charge is 2.18. The smallest absolute Gasteiger partial charge is 0.305 e. The van der Waals surface area contributed by atoms with Crippen molar-refractivity contribution in [3.05, 3.63) is 36.5 Å². The van der Waals surface area contributed by atoms with Crippen LogP contribution in [0.15, 0.2) is 36.5 Å². The van der Waals surface area contributed by atoms with Crippen LogP contribution in [-0.4, -0.2) is 47.4 Å². The average molecular weight is 1030 g/mol. The second-order valence-corrected chi connectivity index (χ2v) is 22.5. The van der Waals surface area contributed by atoms with Gasteiger partial charge in [-0.3, -0.25) is 9.59 Å². The lowest BCUT2D eigenvalue weighted by Crippen LogP contribution is -2.45. The topological polar surface area (TPSA) is 95.9 Å². The molecule has 2 unspecified atom stereocenters. The molecular weight excluding hydrogens is 899 g/mol. The van der Waals surface area contributed by atoms with E-state index in [-0.39, 0.29) is 18.5 Å². The number of nitrogens with one attached hydrogen (secondary N) is 1. The Morgan fingerprint density at radius 2 is 0.685 bits per heavy atom. The maximum absolute atomic E-state index is 12.5. The van der Waals surface area contributed by atoms with Crippen LogP contribution in [0.25, 0.3) is 0 Å². The minimum absolute atomic E-state index is 0.0348. The van der Waals surface area contributed by atoms with E-state index in [2.05, 4.69) is 43.5 Å². The number of esters is 1. The molecule has 3 N–H and O–H groups in total. The highest BCUT2D eigenvalue weighted by Crippen LogP contribution is 2.18. The quantitative estimate of drug-likeness (QED) is 0.0320. The molecule has 430 valence electrons. The predicted octanol–water partition coefficient (Wildman–Crippen LogP) is 20.8. The maximum Gasteiger partial charge on any atom is 0.305 e. The number of carbonyl (C=O) groups is 2. The van der Waals surface area contributed by atoms with Gasteiger partial charge in [0.15, 0.2) is 0 Å². The van der Waals surface area contributed by atoms with Crippen LogP contribution in [0.1, 0.15) is 354 Å². The lowest BCUT2D eigenvalue weighted by molar-refractivity contribution is -0.143. The van der Waals surface area contributed by atoms with Gasteiger partial charge in [0.05, 0.1) is 25.4 Å². The lowest BCUT2D eigenvalue weighted by Gasteiger charge is -2.20. The molecule has 0 bridgehead atoms. The van der Waals surface area contributed by atoms with E-state index < -0.39 is 12.1 Å². The Kier molecular flexibility index (Phi) is 61.0. The van der Waals surface area contributed by atoms with Crippen molar-refractivity contribution in [1.29, 1.82) is 0 Å². The number of carbonyl (C=O) groups excluding carboxylic acids is 2. The largest absolute Gasteiger partial charge is 0.465 e. The van der Waals surface area contributed by atoms with E-state index in [1.165, 1.54) is 276 Å². The van der Waals surface area contributed by atoms with Crippen LogP contribution in [0.4, 0.5) is 0 Å². The number of hydrogen-bond acceptors (Lipinski definition) is 5. The van der Waals surface area contributed by atoms with E-state index in [1.807, 2.05) is 6.08 Å². The third-order valence-electron chi connectivity index (χ3n) is 15.2. The van der Waals surface area contributed by atoms with Crippen molar-refractivity contribution in [3.63, 3.8) is 0 Å². The molecule has 0 aliphatic rings. The van der Waals surface area contributed by atoms with Crippen LogP contribution >= 0.6 is 0 Å². The summed E-state index contributed by atoms with van der Waals surface area (Å²) in [5.74, 6) is -0.104. The van der Waals surface area contributed by atoms with Crippen molar-refractivity contribution >= 4 is 11.9 Å². The summed E-state index contributed by atoms with van der Waals surface area (Å²) >= 11 is 0. The van der Waals surface area contributed by atoms with Crippen molar-refractivity contribution in [2.24, 2.45) is 0 Å². The minimum Gasteiger partial charge on any atom is -0.465 e. The van der Waals surface area contributed by atoms with Crippen LogP contribution in [0.3, 0.4) is 0 Å². The van der Waals surface area contributed by atoms with Gasteiger partial charge >= 0.3 is 5.97 Å². The number of unbranched alkanes of at least 4 members (excludes halogenated alkanes) is 46. The Morgan fingerprint density at radius 3 is 1.04 bits per heavy atom. The number of aliphatic hydroxyl groups excluding tert-OH is 2. The van der Waals surface area contributed by atoms with E-state index >= 15 is 0 Å². The normalized spacial score (nSPS) is 12.8. The van der Waals surface area contributed by atoms with Gasteiger partial charge in [0, 0.05) is 12.8 Å². The molecule has 0 aromatic heterocycles. The Morgan fingerprint density at radius 1 is 0.384 bits per heavy atom. The Hall–Kier alpha value is -1.92. The summed E-state index contributed by atoms with van der Waals surface area (Å²) < 4.78 is 5.41. The maximum atomic E-state index is 12.5. The van der Waals surface area contributed by atoms with Crippen LogP contribution in [0.2, 0.25) is 0 Å². The van der Waals surface area contributed by atoms with Crippen molar-refractivity contribution in [2.45, 2.75) is 366 Å². The fourth-order valence-electron chi connectivity index (χ4n) is 10.2. The first-order chi connectivity index (χ1) is 36.0. The molecule has 0 aromatic carbocycles. The van der Waals surface area contributed by atoms with E-state index in [0.29, 0.717) is 19.4 Å². The summed E-state index contributed by atoms with van der Waals surface area (Å²) in [5.41, 5.74) is 0. The third-order valence-corrected chi connectivity index (χ3v) is 15.2. The molecule has 6 heteroatoms. The molecule has 0 saturated carbocycles. The van der Waals surface area contributed by atoms with Gasteiger partial charge in [-0.05, 0) is 51.4 Å². The number of amides is 1. The number of ether oxygens (including phenoxy) is 1. The molecule has 0 aliphatic heterocycles. The van der Waals surface area contributed by atoms with Crippen molar-refractivity contribution < 1.29 is 24.5 Å². The van der Waals surface area contributed by atoms with Crippen molar-refractivity contribution in [3.8, 4) is 0 Å². The molecule has 0 heterocycles. The molecule has 0 aliphatic carbocycles. The molecule has 0 rings (SSSR count). The summed E-state index contributed by atoms with van der Waals surface area (Å²) in [7, 11) is 0. The van der Waals surface area contributed by atoms with Gasteiger partial charge in [0.1, 0.15) is 0 Å². The molecule has 1 amide bonds. The third kappa shape index (κ3) is 59.2. The van der Waals surface area contributed by atoms with Crippen LogP contribution in [0.5, 0.6) is 0 Å². The Bertz CT molecular complexity index is 1180. The second-order valence-electron chi connectivity index (χ2n) is 22.5. The summed E-state index contributed by atoms with van der Waals surface area (Å²) in [6, 6.07) is -0.633. The lowest BCUT2D eigenvalue weighted by atomic mass is 10.0. The van der Waals surface area contributed by atoms with Gasteiger partial charge in [0.2, 0.25) is 5.91 Å². The number of hydrogen-bond donors (Lipinski definition) is 3. The van der Waals surface area contributed by atoms with Gasteiger partial charge in [-0.25, -0.2) is 0 Å². The molecule has 0 radical (unpaired) electrons. The molecule has 0 spiro atoms. The predicted molar refractivity (Wildman–Crippen MR) is 319 cm³/mol. The molecule has 0 saturated heterocycles. The van der Waals surface area contributed by atoms with Gasteiger partial charge in [-0.15, -0.1) is 0 Å². The van der Waals surface area contributed by atoms with E-state index in [4.69, 9.17) is 4.74 Å². The SMILES string of the molecule is CCCCCCCCCCCCCCCCCCCCCCC/C=C/C(O)C(CO)NC(=O)CCCCCCCCCCCCCCCC/C=C\C/C=C\CCOC(=O)CCCCCCCCCCCCCC. The fourth-order valence-corrected chi connectivity index (χ4v) is 10.2. The van der Waals surface area contributed by atoms with Crippen LogP contribution < -0.4 is 5.32 Å². The van der Waals surface area contributed by atoms with E-state index in [1.54, 1.807) is 6.08 Å². The van der Waals surface area contributed by atoms with E-state index in [0.717, 1.165) is 51.4 Å². The minimum atomic E-state index is -0.849.